The van der Waals surface area contributed by atoms with Gasteiger partial charge in [0.15, 0.2) is 6.10 Å². The van der Waals surface area contributed by atoms with Gasteiger partial charge in [0.05, 0.1) is 6.20 Å². The minimum atomic E-state index is -0.838. The number of rotatable bonds is 8. The van der Waals surface area contributed by atoms with Crippen LogP contribution >= 0.6 is 0 Å². The van der Waals surface area contributed by atoms with Crippen molar-refractivity contribution in [2.24, 2.45) is 0 Å². The Hall–Kier alpha value is -2.83. The number of aromatic nitrogens is 3. The van der Waals surface area contributed by atoms with E-state index in [9.17, 15) is 9.59 Å². The third kappa shape index (κ3) is 5.46. The molecule has 0 radical (unpaired) electrons. The van der Waals surface area contributed by atoms with E-state index in [1.807, 2.05) is 58.4 Å². The van der Waals surface area contributed by atoms with E-state index in [0.717, 1.165) is 22.8 Å². The molecule has 2 rings (SSSR count). The van der Waals surface area contributed by atoms with E-state index in [0.29, 0.717) is 0 Å². The zero-order valence-electron chi connectivity index (χ0n) is 20.2. The summed E-state index contributed by atoms with van der Waals surface area (Å²) in [5, 5.41) is 4.41. The number of hydrogen-bond donors (Lipinski definition) is 0. The first kappa shape index (κ1) is 24.4. The van der Waals surface area contributed by atoms with Crippen molar-refractivity contribution >= 4 is 18.0 Å². The van der Waals surface area contributed by atoms with Gasteiger partial charge in [-0.2, -0.15) is 5.10 Å². The van der Waals surface area contributed by atoms with Crippen LogP contribution in [0.3, 0.4) is 0 Å². The highest BCUT2D eigenvalue weighted by Gasteiger charge is 2.27. The number of carbonyl (C=O) groups excluding carboxylic acids is 2. The van der Waals surface area contributed by atoms with Gasteiger partial charge in [0.2, 0.25) is 0 Å². The van der Waals surface area contributed by atoms with E-state index >= 15 is 0 Å². The van der Waals surface area contributed by atoms with Gasteiger partial charge in [-0.25, -0.2) is 9.48 Å². The minimum Gasteiger partial charge on any atom is -0.449 e. The van der Waals surface area contributed by atoms with Crippen molar-refractivity contribution in [3.8, 4) is 5.82 Å². The highest BCUT2D eigenvalue weighted by atomic mass is 16.5. The molecule has 2 aromatic rings. The van der Waals surface area contributed by atoms with E-state index in [4.69, 9.17) is 4.74 Å². The van der Waals surface area contributed by atoms with Gasteiger partial charge in [-0.3, -0.25) is 4.79 Å². The number of nitrogens with zero attached hydrogens (tertiary/aromatic N) is 4. The van der Waals surface area contributed by atoms with Crippen LogP contribution in [0.2, 0.25) is 0 Å². The maximum atomic E-state index is 12.7. The van der Waals surface area contributed by atoms with Crippen LogP contribution in [0, 0.1) is 13.8 Å². The van der Waals surface area contributed by atoms with E-state index in [1.54, 1.807) is 24.1 Å². The molecule has 170 valence electrons. The molecular weight excluding hydrogens is 392 g/mol. The molecule has 0 aromatic carbocycles. The number of carbonyl (C=O) groups is 2. The van der Waals surface area contributed by atoms with Crippen LogP contribution < -0.4 is 0 Å². The van der Waals surface area contributed by atoms with Gasteiger partial charge >= 0.3 is 5.97 Å². The van der Waals surface area contributed by atoms with Gasteiger partial charge in [0.25, 0.3) is 5.91 Å². The average Bonchev–Trinajstić information content (AvgIpc) is 3.23. The number of hydrogen-bond acceptors (Lipinski definition) is 4. The van der Waals surface area contributed by atoms with Gasteiger partial charge in [-0.05, 0) is 80.0 Å². The van der Waals surface area contributed by atoms with Crippen molar-refractivity contribution < 1.29 is 14.3 Å². The quantitative estimate of drug-likeness (QED) is 0.460. The monoisotopic (exact) mass is 428 g/mol. The smallest absolute Gasteiger partial charge is 0.331 e. The Morgan fingerprint density at radius 1 is 1.06 bits per heavy atom. The third-order valence-electron chi connectivity index (χ3n) is 5.24. The van der Waals surface area contributed by atoms with E-state index in [2.05, 4.69) is 23.5 Å². The Balaban J connectivity index is 2.16. The molecule has 1 atom stereocenters. The zero-order valence-corrected chi connectivity index (χ0v) is 20.2. The molecule has 1 amide bonds. The van der Waals surface area contributed by atoms with Crippen LogP contribution in [0.1, 0.15) is 71.5 Å². The summed E-state index contributed by atoms with van der Waals surface area (Å²) >= 11 is 0. The van der Waals surface area contributed by atoms with E-state index < -0.39 is 12.1 Å². The fourth-order valence-electron chi connectivity index (χ4n) is 3.93. The fraction of sp³-hybridized carbons (Fsp3) is 0.542. The molecule has 0 saturated heterocycles. The molecule has 0 unspecified atom stereocenters. The largest absolute Gasteiger partial charge is 0.449 e. The number of esters is 1. The molecule has 7 heteroatoms. The molecule has 31 heavy (non-hydrogen) atoms. The molecule has 0 aliphatic carbocycles. The molecule has 2 heterocycles. The molecule has 7 nitrogen and oxygen atoms in total. The van der Waals surface area contributed by atoms with Gasteiger partial charge < -0.3 is 14.2 Å². The van der Waals surface area contributed by atoms with Crippen LogP contribution in [0.15, 0.2) is 24.4 Å². The van der Waals surface area contributed by atoms with Gasteiger partial charge in [-0.15, -0.1) is 0 Å². The molecular formula is C24H36N4O3. The lowest BCUT2D eigenvalue weighted by atomic mass is 10.2. The van der Waals surface area contributed by atoms with Crippen molar-refractivity contribution in [1.29, 1.82) is 0 Å². The Kier molecular flexibility index (Phi) is 7.87. The van der Waals surface area contributed by atoms with Crippen molar-refractivity contribution in [2.75, 3.05) is 0 Å². The fourth-order valence-corrected chi connectivity index (χ4v) is 3.93. The highest BCUT2D eigenvalue weighted by molar-refractivity contribution is 5.90. The first-order valence-electron chi connectivity index (χ1n) is 10.9. The Labute approximate surface area is 185 Å². The van der Waals surface area contributed by atoms with Crippen molar-refractivity contribution in [3.05, 3.63) is 41.4 Å². The molecule has 0 N–H and O–H groups in total. The summed E-state index contributed by atoms with van der Waals surface area (Å²) in [4.78, 5) is 26.8. The molecule has 0 aliphatic rings. The lowest BCUT2D eigenvalue weighted by Crippen LogP contribution is -2.47. The molecule has 0 saturated carbocycles. The summed E-state index contributed by atoms with van der Waals surface area (Å²) in [6.07, 6.45) is 4.06. The first-order valence-corrected chi connectivity index (χ1v) is 10.9. The SMILES string of the molecule is Cc1cc(/C=C/C(=O)O[C@@H](C)C(=O)N(C(C)C)C(C)C)c(C)n1-c1ccnn1C(C)C. The number of amides is 1. The molecule has 2 aromatic heterocycles. The molecule has 0 fully saturated rings. The lowest BCUT2D eigenvalue weighted by Gasteiger charge is -2.32. The van der Waals surface area contributed by atoms with Gasteiger partial charge in [0.1, 0.15) is 5.82 Å². The summed E-state index contributed by atoms with van der Waals surface area (Å²) in [6.45, 7) is 17.6. The molecule has 0 aliphatic heterocycles. The maximum Gasteiger partial charge on any atom is 0.331 e. The van der Waals surface area contributed by atoms with Gasteiger partial charge in [0, 0.05) is 41.7 Å². The standard InChI is InChI=1S/C24H36N4O3/c1-15(2)26(16(3)4)24(30)20(9)31-23(29)11-10-21-14-18(7)27(19(21)8)22-12-13-25-28(22)17(5)6/h10-17,20H,1-9H3/b11-10+/t20-/m0/s1. The van der Waals surface area contributed by atoms with Crippen LogP contribution in [-0.2, 0) is 14.3 Å². The summed E-state index contributed by atoms with van der Waals surface area (Å²) < 4.78 is 9.46. The van der Waals surface area contributed by atoms with Crippen molar-refractivity contribution in [3.63, 3.8) is 0 Å². The topological polar surface area (TPSA) is 69.4 Å². The van der Waals surface area contributed by atoms with Crippen LogP contribution in [-0.4, -0.2) is 49.3 Å². The second kappa shape index (κ2) is 9.98. The number of ether oxygens (including phenoxy) is 1. The van der Waals surface area contributed by atoms with Crippen LogP contribution in [0.4, 0.5) is 0 Å². The predicted octanol–water partition coefficient (Wildman–Crippen LogP) is 4.46. The van der Waals surface area contributed by atoms with E-state index in [-0.39, 0.29) is 24.0 Å². The summed E-state index contributed by atoms with van der Waals surface area (Å²) in [5.41, 5.74) is 2.95. The van der Waals surface area contributed by atoms with Crippen molar-refractivity contribution in [2.45, 2.75) is 86.5 Å². The Morgan fingerprint density at radius 2 is 1.68 bits per heavy atom. The van der Waals surface area contributed by atoms with Gasteiger partial charge in [-0.1, -0.05) is 0 Å². The second-order valence-corrected chi connectivity index (χ2v) is 8.74. The van der Waals surface area contributed by atoms with Crippen molar-refractivity contribution in [1.82, 2.24) is 19.2 Å². The normalized spacial score (nSPS) is 12.9. The summed E-state index contributed by atoms with van der Waals surface area (Å²) in [7, 11) is 0. The first-order chi connectivity index (χ1) is 14.5. The average molecular weight is 429 g/mol. The van der Waals surface area contributed by atoms with Crippen LogP contribution in [0.25, 0.3) is 11.9 Å². The predicted molar refractivity (Wildman–Crippen MR) is 123 cm³/mol. The van der Waals surface area contributed by atoms with E-state index in [1.165, 1.54) is 6.08 Å². The Bertz CT molecular complexity index is 942. The number of aryl methyl sites for hydroxylation is 1. The third-order valence-corrected chi connectivity index (χ3v) is 5.24. The maximum absolute atomic E-state index is 12.7. The molecule has 0 spiro atoms. The molecule has 0 bridgehead atoms. The lowest BCUT2D eigenvalue weighted by molar-refractivity contribution is -0.157. The minimum absolute atomic E-state index is 0.0360. The zero-order chi connectivity index (χ0) is 23.5. The highest BCUT2D eigenvalue weighted by Crippen LogP contribution is 2.23. The summed E-state index contributed by atoms with van der Waals surface area (Å²) in [6, 6.07) is 4.30. The summed E-state index contributed by atoms with van der Waals surface area (Å²) in [5.74, 6) is 0.256. The Morgan fingerprint density at radius 3 is 2.23 bits per heavy atom. The second-order valence-electron chi connectivity index (χ2n) is 8.74. The van der Waals surface area contributed by atoms with Crippen LogP contribution in [0.5, 0.6) is 0 Å².